The number of hydrogen-bond donors (Lipinski definition) is 0. The summed E-state index contributed by atoms with van der Waals surface area (Å²) in [6.45, 7) is 2.35. The molecule has 0 bridgehead atoms. The molecule has 0 radical (unpaired) electrons. The number of nitrogens with zero attached hydrogens (tertiary/aromatic N) is 4. The van der Waals surface area contributed by atoms with Gasteiger partial charge in [-0.15, -0.1) is 0 Å². The molecule has 2 amide bonds. The summed E-state index contributed by atoms with van der Waals surface area (Å²) < 4.78 is 5.14. The van der Waals surface area contributed by atoms with Gasteiger partial charge < -0.3 is 14.5 Å². The molecule has 9 heteroatoms. The number of carbonyl (C=O) groups excluding carboxylic acids is 3. The van der Waals surface area contributed by atoms with Crippen molar-refractivity contribution in [2.75, 3.05) is 33.3 Å². The van der Waals surface area contributed by atoms with Gasteiger partial charge in [-0.2, -0.15) is 0 Å². The molecule has 2 saturated heterocycles. The molecule has 4 heterocycles. The van der Waals surface area contributed by atoms with Crippen LogP contribution >= 0.6 is 11.6 Å². The smallest absolute Gasteiger partial charge is 0.273 e. The lowest BCUT2D eigenvalue weighted by atomic mass is 9.77. The summed E-state index contributed by atoms with van der Waals surface area (Å²) in [6.07, 6.45) is 3.97. The number of ether oxygens (including phenoxy) is 1. The normalized spacial score (nSPS) is 16.6. The molecule has 8 nitrogen and oxygen atoms in total. The van der Waals surface area contributed by atoms with Crippen LogP contribution in [0, 0.1) is 5.41 Å². The lowest BCUT2D eigenvalue weighted by Gasteiger charge is -2.39. The van der Waals surface area contributed by atoms with E-state index in [-0.39, 0.29) is 33.9 Å². The van der Waals surface area contributed by atoms with E-state index >= 15 is 0 Å². The second kappa shape index (κ2) is 10.3. The number of methoxy groups -OCH3 is 1. The third-order valence-corrected chi connectivity index (χ3v) is 7.55. The minimum atomic E-state index is -0.228. The van der Waals surface area contributed by atoms with Crippen LogP contribution in [0.1, 0.15) is 56.0 Å². The Balaban J connectivity index is 1.26. The molecule has 37 heavy (non-hydrogen) atoms. The molecule has 0 saturated carbocycles. The molecule has 5 rings (SSSR count). The summed E-state index contributed by atoms with van der Waals surface area (Å²) in [5.74, 6) is -0.255. The van der Waals surface area contributed by atoms with Crippen molar-refractivity contribution in [1.29, 1.82) is 0 Å². The number of amides is 2. The Labute approximate surface area is 220 Å². The van der Waals surface area contributed by atoms with Crippen molar-refractivity contribution < 1.29 is 19.1 Å². The molecule has 3 aromatic rings. The summed E-state index contributed by atoms with van der Waals surface area (Å²) >= 11 is 6.05. The van der Waals surface area contributed by atoms with Crippen LogP contribution in [-0.4, -0.2) is 70.7 Å². The number of halogens is 1. The van der Waals surface area contributed by atoms with Crippen molar-refractivity contribution in [2.45, 2.75) is 19.3 Å². The van der Waals surface area contributed by atoms with Crippen molar-refractivity contribution in [1.82, 2.24) is 19.8 Å². The molecule has 190 valence electrons. The molecule has 0 N–H and O–H groups in total. The molecule has 2 aliphatic heterocycles. The number of piperidine rings is 1. The molecule has 2 fully saturated rings. The Morgan fingerprint density at radius 2 is 1.59 bits per heavy atom. The Bertz CT molecular complexity index is 1340. The van der Waals surface area contributed by atoms with Crippen LogP contribution in [-0.2, 0) is 0 Å². The fourth-order valence-corrected chi connectivity index (χ4v) is 5.44. The maximum absolute atomic E-state index is 13.5. The monoisotopic (exact) mass is 518 g/mol. The fourth-order valence-electron chi connectivity index (χ4n) is 5.24. The van der Waals surface area contributed by atoms with Crippen molar-refractivity contribution >= 4 is 29.2 Å². The van der Waals surface area contributed by atoms with E-state index < -0.39 is 0 Å². The fraction of sp³-hybridized carbons (Fsp3) is 0.321. The van der Waals surface area contributed by atoms with Gasteiger partial charge in [-0.1, -0.05) is 41.9 Å². The summed E-state index contributed by atoms with van der Waals surface area (Å²) in [5, 5.41) is 0.209. The van der Waals surface area contributed by atoms with Crippen LogP contribution in [0.3, 0.4) is 0 Å². The number of pyridine rings is 2. The Morgan fingerprint density at radius 1 is 0.892 bits per heavy atom. The van der Waals surface area contributed by atoms with Crippen LogP contribution in [0.15, 0.2) is 60.8 Å². The third-order valence-electron chi connectivity index (χ3n) is 7.35. The topological polar surface area (TPSA) is 92.7 Å². The average molecular weight is 519 g/mol. The zero-order valence-corrected chi connectivity index (χ0v) is 21.3. The van der Waals surface area contributed by atoms with Crippen LogP contribution in [0.25, 0.3) is 0 Å². The number of benzene rings is 1. The van der Waals surface area contributed by atoms with Gasteiger partial charge in [-0.25, -0.2) is 4.98 Å². The number of ketones is 1. The zero-order valence-electron chi connectivity index (χ0n) is 20.5. The second-order valence-corrected chi connectivity index (χ2v) is 9.97. The first-order valence-electron chi connectivity index (χ1n) is 12.2. The first-order chi connectivity index (χ1) is 17.9. The summed E-state index contributed by atoms with van der Waals surface area (Å²) in [4.78, 5) is 51.6. The second-order valence-electron chi connectivity index (χ2n) is 9.58. The molecular weight excluding hydrogens is 492 g/mol. The molecule has 1 spiro atoms. The van der Waals surface area contributed by atoms with Gasteiger partial charge in [-0.3, -0.25) is 19.4 Å². The Kier molecular flexibility index (Phi) is 6.93. The molecule has 0 unspecified atom stereocenters. The van der Waals surface area contributed by atoms with Crippen LogP contribution in [0.5, 0.6) is 5.88 Å². The van der Waals surface area contributed by atoms with Crippen molar-refractivity contribution in [2.24, 2.45) is 5.41 Å². The van der Waals surface area contributed by atoms with Gasteiger partial charge in [0.15, 0.2) is 5.78 Å². The molecule has 2 aliphatic rings. The largest absolute Gasteiger partial charge is 0.481 e. The maximum atomic E-state index is 13.5. The predicted molar refractivity (Wildman–Crippen MR) is 138 cm³/mol. The number of carbonyl (C=O) groups is 3. The van der Waals surface area contributed by atoms with Gasteiger partial charge in [0.1, 0.15) is 10.8 Å². The lowest BCUT2D eigenvalue weighted by molar-refractivity contribution is 0.0564. The van der Waals surface area contributed by atoms with Gasteiger partial charge in [0.25, 0.3) is 11.8 Å². The summed E-state index contributed by atoms with van der Waals surface area (Å²) in [5.41, 5.74) is 1.41. The Hall–Kier alpha value is -3.78. The minimum Gasteiger partial charge on any atom is -0.481 e. The lowest BCUT2D eigenvalue weighted by Crippen LogP contribution is -2.44. The average Bonchev–Trinajstić information content (AvgIpc) is 3.35. The highest BCUT2D eigenvalue weighted by atomic mass is 35.5. The maximum Gasteiger partial charge on any atom is 0.273 e. The van der Waals surface area contributed by atoms with Gasteiger partial charge in [-0.05, 0) is 42.9 Å². The van der Waals surface area contributed by atoms with Crippen LogP contribution in [0.2, 0.25) is 5.15 Å². The Morgan fingerprint density at radius 3 is 2.30 bits per heavy atom. The van der Waals surface area contributed by atoms with Crippen LogP contribution in [0.4, 0.5) is 0 Å². The van der Waals surface area contributed by atoms with Crippen molar-refractivity contribution in [3.63, 3.8) is 0 Å². The van der Waals surface area contributed by atoms with Gasteiger partial charge in [0.05, 0.1) is 12.7 Å². The zero-order chi connectivity index (χ0) is 26.0. The van der Waals surface area contributed by atoms with E-state index in [0.717, 1.165) is 19.3 Å². The first kappa shape index (κ1) is 24.9. The third kappa shape index (κ3) is 5.06. The number of hydrogen-bond acceptors (Lipinski definition) is 6. The van der Waals surface area contributed by atoms with Crippen molar-refractivity contribution in [3.8, 4) is 5.88 Å². The van der Waals surface area contributed by atoms with Gasteiger partial charge >= 0.3 is 0 Å². The molecule has 0 aliphatic carbocycles. The van der Waals surface area contributed by atoms with E-state index in [0.29, 0.717) is 48.7 Å². The minimum absolute atomic E-state index is 0.0571. The highest BCUT2D eigenvalue weighted by molar-refractivity contribution is 6.29. The van der Waals surface area contributed by atoms with E-state index in [4.69, 9.17) is 16.3 Å². The van der Waals surface area contributed by atoms with E-state index in [1.807, 2.05) is 11.0 Å². The molecule has 2 aromatic heterocycles. The summed E-state index contributed by atoms with van der Waals surface area (Å²) in [6, 6.07) is 15.4. The predicted octanol–water partition coefficient (Wildman–Crippen LogP) is 4.14. The quantitative estimate of drug-likeness (QED) is 0.372. The van der Waals surface area contributed by atoms with Gasteiger partial charge in [0, 0.05) is 49.6 Å². The molecule has 1 aromatic carbocycles. The highest BCUT2D eigenvalue weighted by Gasteiger charge is 2.43. The standard InChI is InChI=1S/C28H27ClN4O4/c1-37-23-17-20(16-22(29)31-23)26(35)32-13-9-28(10-14-32)11-15-33(18-28)27(36)24-21(8-5-12-30-24)25(34)19-6-3-2-4-7-19/h2-8,12,16-17H,9-11,13-15,18H2,1H3. The molecule has 0 atom stereocenters. The van der Waals surface area contributed by atoms with E-state index in [1.54, 1.807) is 59.6 Å². The van der Waals surface area contributed by atoms with Crippen LogP contribution < -0.4 is 4.74 Å². The number of aromatic nitrogens is 2. The number of likely N-dealkylation sites (tertiary alicyclic amines) is 2. The first-order valence-corrected chi connectivity index (χ1v) is 12.6. The van der Waals surface area contributed by atoms with E-state index in [1.165, 1.54) is 7.11 Å². The SMILES string of the molecule is COc1cc(C(=O)N2CCC3(CC2)CCN(C(=O)c2ncccc2C(=O)c2ccccc2)C3)cc(Cl)n1. The highest BCUT2D eigenvalue weighted by Crippen LogP contribution is 2.41. The molecular formula is C28H27ClN4O4. The van der Waals surface area contributed by atoms with E-state index in [9.17, 15) is 14.4 Å². The van der Waals surface area contributed by atoms with E-state index in [2.05, 4.69) is 9.97 Å². The van der Waals surface area contributed by atoms with Gasteiger partial charge in [0.2, 0.25) is 5.88 Å². The number of rotatable bonds is 5. The summed E-state index contributed by atoms with van der Waals surface area (Å²) in [7, 11) is 1.48. The van der Waals surface area contributed by atoms with Crippen molar-refractivity contribution in [3.05, 3.63) is 88.3 Å².